The van der Waals surface area contributed by atoms with Crippen molar-refractivity contribution in [2.24, 2.45) is 0 Å². The van der Waals surface area contributed by atoms with E-state index in [0.717, 1.165) is 38.5 Å². The maximum absolute atomic E-state index is 11.1. The van der Waals surface area contributed by atoms with Gasteiger partial charge in [-0.15, -0.1) is 5.92 Å². The van der Waals surface area contributed by atoms with Crippen molar-refractivity contribution in [1.82, 2.24) is 0 Å². The Balaban J connectivity index is 3.29. The van der Waals surface area contributed by atoms with Gasteiger partial charge in [0.1, 0.15) is 0 Å². The molecule has 0 amide bonds. The molecular weight excluding hydrogens is 204 g/mol. The standard InChI is InChI=1S/C13H22O3/c1-3-5-7-8-10-12-15-16-13(14)11-9-6-4-2/h3-7,9,11-12H2,1-2H3. The lowest BCUT2D eigenvalue weighted by Gasteiger charge is -1.99. The van der Waals surface area contributed by atoms with Crippen LogP contribution in [-0.2, 0) is 14.6 Å². The summed E-state index contributed by atoms with van der Waals surface area (Å²) < 4.78 is 0. The molecule has 0 N–H and O–H groups in total. The molecule has 0 radical (unpaired) electrons. The van der Waals surface area contributed by atoms with E-state index in [1.165, 1.54) is 0 Å². The molecule has 0 rings (SSSR count). The monoisotopic (exact) mass is 226 g/mol. The third-order valence-corrected chi connectivity index (χ3v) is 2.05. The summed E-state index contributed by atoms with van der Waals surface area (Å²) in [7, 11) is 0. The van der Waals surface area contributed by atoms with Crippen molar-refractivity contribution in [3.05, 3.63) is 0 Å². The SMILES string of the molecule is CCCCC#CCOOC(=O)CCCCC. The summed E-state index contributed by atoms with van der Waals surface area (Å²) in [5.74, 6) is 5.44. The van der Waals surface area contributed by atoms with E-state index in [0.29, 0.717) is 6.42 Å². The fourth-order valence-electron chi connectivity index (χ4n) is 1.09. The number of carbonyl (C=O) groups excluding carboxylic acids is 1. The van der Waals surface area contributed by atoms with Crippen LogP contribution in [-0.4, -0.2) is 12.6 Å². The summed E-state index contributed by atoms with van der Waals surface area (Å²) in [4.78, 5) is 20.3. The van der Waals surface area contributed by atoms with E-state index in [2.05, 4.69) is 35.5 Å². The molecule has 16 heavy (non-hydrogen) atoms. The quantitative estimate of drug-likeness (QED) is 0.276. The molecule has 0 bridgehead atoms. The molecule has 0 unspecified atom stereocenters. The molecule has 0 aromatic rings. The van der Waals surface area contributed by atoms with E-state index in [1.54, 1.807) is 0 Å². The number of hydrogen-bond acceptors (Lipinski definition) is 3. The van der Waals surface area contributed by atoms with E-state index in [4.69, 9.17) is 0 Å². The molecule has 0 saturated heterocycles. The van der Waals surface area contributed by atoms with Crippen molar-refractivity contribution in [2.45, 2.75) is 58.8 Å². The van der Waals surface area contributed by atoms with E-state index in [1.807, 2.05) is 0 Å². The Morgan fingerprint density at radius 3 is 2.50 bits per heavy atom. The molecular formula is C13H22O3. The van der Waals surface area contributed by atoms with Crippen LogP contribution in [0.1, 0.15) is 58.8 Å². The molecule has 0 aliphatic rings. The Morgan fingerprint density at radius 2 is 1.81 bits per heavy atom. The second-order valence-corrected chi connectivity index (χ2v) is 3.63. The summed E-state index contributed by atoms with van der Waals surface area (Å²) in [5, 5.41) is 0. The van der Waals surface area contributed by atoms with Crippen molar-refractivity contribution < 1.29 is 14.6 Å². The highest BCUT2D eigenvalue weighted by Gasteiger charge is 2.01. The molecule has 0 fully saturated rings. The number of rotatable bonds is 8. The summed E-state index contributed by atoms with van der Waals surface area (Å²) >= 11 is 0. The lowest BCUT2D eigenvalue weighted by molar-refractivity contribution is -0.264. The lowest BCUT2D eigenvalue weighted by Crippen LogP contribution is -2.05. The van der Waals surface area contributed by atoms with Crippen LogP contribution in [0.15, 0.2) is 0 Å². The number of hydrogen-bond donors (Lipinski definition) is 0. The summed E-state index contributed by atoms with van der Waals surface area (Å²) in [6.45, 7) is 4.38. The van der Waals surface area contributed by atoms with E-state index in [-0.39, 0.29) is 12.6 Å². The molecule has 0 spiro atoms. The smallest absolute Gasteiger partial charge is 0.297 e. The van der Waals surface area contributed by atoms with Gasteiger partial charge in [0.25, 0.3) is 0 Å². The highest BCUT2D eigenvalue weighted by molar-refractivity contribution is 5.68. The third-order valence-electron chi connectivity index (χ3n) is 2.05. The molecule has 0 aromatic carbocycles. The first-order chi connectivity index (χ1) is 7.81. The molecule has 0 aromatic heterocycles. The van der Waals surface area contributed by atoms with Crippen molar-refractivity contribution >= 4 is 5.97 Å². The average Bonchev–Trinajstić information content (AvgIpc) is 2.28. The minimum atomic E-state index is -0.302. The highest BCUT2D eigenvalue weighted by Crippen LogP contribution is 2.00. The Labute approximate surface area is 98.4 Å². The van der Waals surface area contributed by atoms with Crippen molar-refractivity contribution in [2.75, 3.05) is 6.61 Å². The normalized spacial score (nSPS) is 9.38. The first-order valence-corrected chi connectivity index (χ1v) is 6.09. The van der Waals surface area contributed by atoms with Crippen LogP contribution in [0.25, 0.3) is 0 Å². The fraction of sp³-hybridized carbons (Fsp3) is 0.769. The zero-order chi connectivity index (χ0) is 12.1. The van der Waals surface area contributed by atoms with Gasteiger partial charge in [0.15, 0.2) is 6.61 Å². The summed E-state index contributed by atoms with van der Waals surface area (Å²) in [6, 6.07) is 0. The molecule has 3 nitrogen and oxygen atoms in total. The topological polar surface area (TPSA) is 35.5 Å². The molecule has 3 heteroatoms. The lowest BCUT2D eigenvalue weighted by atomic mass is 10.2. The molecule has 0 saturated carbocycles. The second kappa shape index (κ2) is 12.1. The fourth-order valence-corrected chi connectivity index (χ4v) is 1.09. The minimum absolute atomic E-state index is 0.170. The number of carbonyl (C=O) groups is 1. The van der Waals surface area contributed by atoms with E-state index < -0.39 is 0 Å². The Hall–Kier alpha value is -1.01. The van der Waals surface area contributed by atoms with Crippen molar-refractivity contribution in [1.29, 1.82) is 0 Å². The molecule has 92 valence electrons. The first kappa shape index (κ1) is 15.0. The van der Waals surface area contributed by atoms with Gasteiger partial charge in [-0.05, 0) is 12.8 Å². The van der Waals surface area contributed by atoms with Gasteiger partial charge >= 0.3 is 5.97 Å². The van der Waals surface area contributed by atoms with Gasteiger partial charge in [-0.2, -0.15) is 4.89 Å². The highest BCUT2D eigenvalue weighted by atomic mass is 17.2. The Morgan fingerprint density at radius 1 is 1.06 bits per heavy atom. The van der Waals surface area contributed by atoms with Gasteiger partial charge in [-0.3, -0.25) is 4.89 Å². The van der Waals surface area contributed by atoms with Crippen LogP contribution in [0.3, 0.4) is 0 Å². The first-order valence-electron chi connectivity index (χ1n) is 6.09. The van der Waals surface area contributed by atoms with Crippen LogP contribution in [0.4, 0.5) is 0 Å². The van der Waals surface area contributed by atoms with Gasteiger partial charge < -0.3 is 0 Å². The molecule has 0 atom stereocenters. The average molecular weight is 226 g/mol. The second-order valence-electron chi connectivity index (χ2n) is 3.63. The third kappa shape index (κ3) is 11.1. The Bertz CT molecular complexity index is 225. The molecule has 0 aliphatic carbocycles. The van der Waals surface area contributed by atoms with Gasteiger partial charge in [-0.25, -0.2) is 4.79 Å². The minimum Gasteiger partial charge on any atom is -0.297 e. The molecule has 0 heterocycles. The van der Waals surface area contributed by atoms with Crippen molar-refractivity contribution in [3.8, 4) is 11.8 Å². The predicted molar refractivity (Wildman–Crippen MR) is 63.5 cm³/mol. The maximum atomic E-state index is 11.1. The van der Waals surface area contributed by atoms with E-state index >= 15 is 0 Å². The largest absolute Gasteiger partial charge is 0.342 e. The zero-order valence-corrected chi connectivity index (χ0v) is 10.4. The van der Waals surface area contributed by atoms with Crippen LogP contribution < -0.4 is 0 Å². The van der Waals surface area contributed by atoms with Crippen LogP contribution in [0.2, 0.25) is 0 Å². The Kier molecular flexibility index (Phi) is 11.3. The maximum Gasteiger partial charge on any atom is 0.342 e. The van der Waals surface area contributed by atoms with Gasteiger partial charge in [0.2, 0.25) is 0 Å². The summed E-state index contributed by atoms with van der Waals surface area (Å²) in [5.41, 5.74) is 0. The predicted octanol–water partition coefficient (Wildman–Crippen LogP) is 3.24. The van der Waals surface area contributed by atoms with Crippen LogP contribution in [0, 0.1) is 11.8 Å². The zero-order valence-electron chi connectivity index (χ0n) is 10.4. The van der Waals surface area contributed by atoms with Crippen LogP contribution in [0.5, 0.6) is 0 Å². The van der Waals surface area contributed by atoms with E-state index in [9.17, 15) is 4.79 Å². The van der Waals surface area contributed by atoms with Crippen LogP contribution >= 0.6 is 0 Å². The summed E-state index contributed by atoms with van der Waals surface area (Å²) in [6.07, 6.45) is 6.55. The molecule has 0 aliphatic heterocycles. The number of unbranched alkanes of at least 4 members (excludes halogenated alkanes) is 4. The van der Waals surface area contributed by atoms with Gasteiger partial charge in [0.05, 0.1) is 0 Å². The van der Waals surface area contributed by atoms with Gasteiger partial charge in [-0.1, -0.05) is 39.0 Å². The van der Waals surface area contributed by atoms with Crippen molar-refractivity contribution in [3.63, 3.8) is 0 Å². The van der Waals surface area contributed by atoms with Gasteiger partial charge in [0, 0.05) is 12.8 Å².